The number of fused-ring (bicyclic) bond motifs is 1. The van der Waals surface area contributed by atoms with E-state index in [2.05, 4.69) is 22.3 Å². The van der Waals surface area contributed by atoms with Gasteiger partial charge in [0.15, 0.2) is 5.69 Å². The molecule has 0 saturated heterocycles. The second kappa shape index (κ2) is 3.73. The first-order chi connectivity index (χ1) is 8.25. The molecule has 1 heterocycles. The van der Waals surface area contributed by atoms with Gasteiger partial charge in [-0.2, -0.15) is 5.10 Å². The summed E-state index contributed by atoms with van der Waals surface area (Å²) in [5.41, 5.74) is 3.62. The first-order valence-corrected chi connectivity index (χ1v) is 5.62. The topological polar surface area (TPSA) is 66.0 Å². The molecule has 0 saturated carbocycles. The average molecular weight is 228 g/mol. The minimum absolute atomic E-state index is 0.0874. The van der Waals surface area contributed by atoms with Crippen LogP contribution in [0.25, 0.3) is 0 Å². The van der Waals surface area contributed by atoms with Gasteiger partial charge in [-0.25, -0.2) is 4.79 Å². The van der Waals surface area contributed by atoms with Crippen molar-refractivity contribution in [2.45, 2.75) is 18.8 Å². The fourth-order valence-corrected chi connectivity index (χ4v) is 2.50. The molecule has 17 heavy (non-hydrogen) atoms. The molecule has 1 aromatic heterocycles. The number of aromatic nitrogens is 2. The summed E-state index contributed by atoms with van der Waals surface area (Å²) in [5.74, 6) is -0.731. The van der Waals surface area contributed by atoms with Crippen molar-refractivity contribution in [3.8, 4) is 0 Å². The van der Waals surface area contributed by atoms with Gasteiger partial charge in [0.2, 0.25) is 0 Å². The maximum Gasteiger partial charge on any atom is 0.356 e. The molecular formula is C13H12N2O2. The van der Waals surface area contributed by atoms with Crippen LogP contribution in [0.1, 0.15) is 39.6 Å². The van der Waals surface area contributed by atoms with Gasteiger partial charge >= 0.3 is 5.97 Å². The molecule has 1 atom stereocenters. The average Bonchev–Trinajstić information content (AvgIpc) is 2.95. The molecule has 2 aromatic rings. The van der Waals surface area contributed by atoms with Crippen LogP contribution in [0.4, 0.5) is 0 Å². The number of aromatic carboxylic acids is 1. The van der Waals surface area contributed by atoms with Gasteiger partial charge in [-0.3, -0.25) is 5.10 Å². The number of rotatable bonds is 2. The van der Waals surface area contributed by atoms with Crippen LogP contribution in [0.3, 0.4) is 0 Å². The van der Waals surface area contributed by atoms with Gasteiger partial charge in [0.05, 0.1) is 0 Å². The third-order valence-electron chi connectivity index (χ3n) is 3.33. The number of nitrogens with zero attached hydrogens (tertiary/aromatic N) is 1. The Hall–Kier alpha value is -2.10. The third-order valence-corrected chi connectivity index (χ3v) is 3.33. The maximum atomic E-state index is 10.8. The van der Waals surface area contributed by atoms with E-state index in [4.69, 9.17) is 5.11 Å². The molecule has 1 aliphatic carbocycles. The summed E-state index contributed by atoms with van der Waals surface area (Å²) in [4.78, 5) is 10.8. The molecular weight excluding hydrogens is 216 g/mol. The van der Waals surface area contributed by atoms with E-state index in [1.807, 2.05) is 12.1 Å². The summed E-state index contributed by atoms with van der Waals surface area (Å²) in [6, 6.07) is 9.93. The highest BCUT2D eigenvalue weighted by Gasteiger charge is 2.25. The van der Waals surface area contributed by atoms with E-state index in [0.29, 0.717) is 0 Å². The normalized spacial score (nSPS) is 18.0. The Morgan fingerprint density at radius 2 is 2.24 bits per heavy atom. The molecule has 0 spiro atoms. The molecule has 2 N–H and O–H groups in total. The molecule has 3 rings (SSSR count). The Bertz CT molecular complexity index is 574. The largest absolute Gasteiger partial charge is 0.476 e. The highest BCUT2D eigenvalue weighted by molar-refractivity contribution is 5.85. The van der Waals surface area contributed by atoms with Crippen LogP contribution in [-0.2, 0) is 6.42 Å². The minimum atomic E-state index is -0.987. The lowest BCUT2D eigenvalue weighted by Gasteiger charge is -2.08. The Labute approximate surface area is 98.3 Å². The molecule has 1 aromatic carbocycles. The van der Waals surface area contributed by atoms with Gasteiger partial charge < -0.3 is 5.11 Å². The number of nitrogens with one attached hydrogen (secondary N) is 1. The van der Waals surface area contributed by atoms with Crippen molar-refractivity contribution < 1.29 is 9.90 Å². The van der Waals surface area contributed by atoms with Crippen LogP contribution in [0.2, 0.25) is 0 Å². The minimum Gasteiger partial charge on any atom is -0.476 e. The first kappa shape index (κ1) is 10.1. The lowest BCUT2D eigenvalue weighted by atomic mass is 9.98. The van der Waals surface area contributed by atoms with Crippen molar-refractivity contribution in [3.05, 3.63) is 52.8 Å². The molecule has 4 nitrogen and oxygen atoms in total. The van der Waals surface area contributed by atoms with Crippen molar-refractivity contribution in [1.82, 2.24) is 10.2 Å². The zero-order chi connectivity index (χ0) is 11.8. The van der Waals surface area contributed by atoms with Crippen molar-refractivity contribution in [3.63, 3.8) is 0 Å². The zero-order valence-corrected chi connectivity index (χ0v) is 9.18. The van der Waals surface area contributed by atoms with Gasteiger partial charge in [0.1, 0.15) is 0 Å². The quantitative estimate of drug-likeness (QED) is 0.828. The summed E-state index contributed by atoms with van der Waals surface area (Å²) >= 11 is 0. The molecule has 0 fully saturated rings. The number of H-pyrrole nitrogens is 1. The molecule has 0 aliphatic heterocycles. The third kappa shape index (κ3) is 1.62. The summed E-state index contributed by atoms with van der Waals surface area (Å²) in [6.07, 6.45) is 2.06. The SMILES string of the molecule is O=C(O)c1cc(C2CCc3ccccc32)[nH]n1. The van der Waals surface area contributed by atoms with Gasteiger partial charge in [0.25, 0.3) is 0 Å². The summed E-state index contributed by atoms with van der Waals surface area (Å²) in [7, 11) is 0. The van der Waals surface area contributed by atoms with Crippen molar-refractivity contribution in [2.24, 2.45) is 0 Å². The van der Waals surface area contributed by atoms with E-state index >= 15 is 0 Å². The van der Waals surface area contributed by atoms with Gasteiger partial charge in [0, 0.05) is 11.6 Å². The number of hydrogen-bond donors (Lipinski definition) is 2. The molecule has 1 aliphatic rings. The van der Waals surface area contributed by atoms with Crippen LogP contribution in [0.5, 0.6) is 0 Å². The highest BCUT2D eigenvalue weighted by atomic mass is 16.4. The highest BCUT2D eigenvalue weighted by Crippen LogP contribution is 2.37. The first-order valence-electron chi connectivity index (χ1n) is 5.62. The number of carboxylic acid groups (broad SMARTS) is 1. The van der Waals surface area contributed by atoms with Crippen LogP contribution in [0.15, 0.2) is 30.3 Å². The summed E-state index contributed by atoms with van der Waals surface area (Å²) < 4.78 is 0. The van der Waals surface area contributed by atoms with Crippen LogP contribution in [0, 0.1) is 0 Å². The van der Waals surface area contributed by atoms with Crippen molar-refractivity contribution in [2.75, 3.05) is 0 Å². The fourth-order valence-electron chi connectivity index (χ4n) is 2.50. The van der Waals surface area contributed by atoms with E-state index in [0.717, 1.165) is 18.5 Å². The standard InChI is InChI=1S/C13H12N2O2/c16-13(17)12-7-11(14-15-12)10-6-5-8-3-1-2-4-9(8)10/h1-4,7,10H,5-6H2,(H,14,15)(H,16,17). The Morgan fingerprint density at radius 1 is 1.41 bits per heavy atom. The lowest BCUT2D eigenvalue weighted by molar-refractivity contribution is 0.0690. The predicted octanol–water partition coefficient (Wildman–Crippen LogP) is 2.19. The Kier molecular flexibility index (Phi) is 2.21. The number of carbonyl (C=O) groups is 1. The van der Waals surface area contributed by atoms with Crippen molar-refractivity contribution >= 4 is 5.97 Å². The fraction of sp³-hybridized carbons (Fsp3) is 0.231. The van der Waals surface area contributed by atoms with Crippen LogP contribution >= 0.6 is 0 Å². The molecule has 86 valence electrons. The number of benzene rings is 1. The van der Waals surface area contributed by atoms with Crippen LogP contribution in [-0.4, -0.2) is 21.3 Å². The van der Waals surface area contributed by atoms with Crippen molar-refractivity contribution in [1.29, 1.82) is 0 Å². The second-order valence-corrected chi connectivity index (χ2v) is 4.30. The molecule has 0 bridgehead atoms. The zero-order valence-electron chi connectivity index (χ0n) is 9.18. The Balaban J connectivity index is 1.98. The maximum absolute atomic E-state index is 10.8. The summed E-state index contributed by atoms with van der Waals surface area (Å²) in [6.45, 7) is 0. The number of aryl methyl sites for hydroxylation is 1. The van der Waals surface area contributed by atoms with E-state index in [-0.39, 0.29) is 11.6 Å². The smallest absolute Gasteiger partial charge is 0.356 e. The van der Waals surface area contributed by atoms with E-state index < -0.39 is 5.97 Å². The van der Waals surface area contributed by atoms with E-state index in [9.17, 15) is 4.79 Å². The number of hydrogen-bond acceptors (Lipinski definition) is 2. The molecule has 0 amide bonds. The molecule has 1 unspecified atom stereocenters. The van der Waals surface area contributed by atoms with Crippen LogP contribution < -0.4 is 0 Å². The van der Waals surface area contributed by atoms with Gasteiger partial charge in [-0.1, -0.05) is 24.3 Å². The molecule has 4 heteroatoms. The predicted molar refractivity (Wildman–Crippen MR) is 62.2 cm³/mol. The second-order valence-electron chi connectivity index (χ2n) is 4.30. The van der Waals surface area contributed by atoms with E-state index in [1.54, 1.807) is 6.07 Å². The monoisotopic (exact) mass is 228 g/mol. The lowest BCUT2D eigenvalue weighted by Crippen LogP contribution is -1.96. The summed E-state index contributed by atoms with van der Waals surface area (Å²) in [5, 5.41) is 15.5. The molecule has 0 radical (unpaired) electrons. The van der Waals surface area contributed by atoms with Gasteiger partial charge in [-0.15, -0.1) is 0 Å². The number of carboxylic acids is 1. The van der Waals surface area contributed by atoms with Gasteiger partial charge in [-0.05, 0) is 30.0 Å². The Morgan fingerprint density at radius 3 is 3.00 bits per heavy atom. The number of aromatic amines is 1. The van der Waals surface area contributed by atoms with E-state index in [1.165, 1.54) is 11.1 Å².